The van der Waals surface area contributed by atoms with E-state index in [1.165, 1.54) is 31.2 Å². The maximum absolute atomic E-state index is 12.1. The van der Waals surface area contributed by atoms with Gasteiger partial charge in [-0.05, 0) is 0 Å². The topological polar surface area (TPSA) is 102 Å². The quantitative estimate of drug-likeness (QED) is 0.701. The molecule has 1 rings (SSSR count). The van der Waals surface area contributed by atoms with Gasteiger partial charge in [-0.1, -0.05) is 0 Å². The first-order valence-corrected chi connectivity index (χ1v) is 7.01. The summed E-state index contributed by atoms with van der Waals surface area (Å²) in [6.45, 7) is 0.661. The van der Waals surface area contributed by atoms with E-state index in [2.05, 4.69) is 5.10 Å². The molecule has 19 heavy (non-hydrogen) atoms. The number of rotatable bonds is 8. The van der Waals surface area contributed by atoms with E-state index in [0.717, 1.165) is 4.31 Å². The van der Waals surface area contributed by atoms with Crippen molar-refractivity contribution in [3.63, 3.8) is 0 Å². The van der Waals surface area contributed by atoms with Crippen LogP contribution in [0.15, 0.2) is 17.3 Å². The van der Waals surface area contributed by atoms with Crippen molar-refractivity contribution in [3.05, 3.63) is 12.4 Å². The predicted octanol–water partition coefficient (Wildman–Crippen LogP) is -0.375. The van der Waals surface area contributed by atoms with Gasteiger partial charge in [-0.25, -0.2) is 8.42 Å². The number of aryl methyl sites for hydroxylation is 1. The van der Waals surface area contributed by atoms with Crippen LogP contribution in [0.25, 0.3) is 0 Å². The van der Waals surface area contributed by atoms with Crippen LogP contribution in [0.2, 0.25) is 0 Å². The summed E-state index contributed by atoms with van der Waals surface area (Å²) in [5.74, 6) is -0.961. The van der Waals surface area contributed by atoms with Crippen LogP contribution in [-0.4, -0.2) is 60.9 Å². The largest absolute Gasteiger partial charge is 0.481 e. The van der Waals surface area contributed by atoms with Gasteiger partial charge in [-0.15, -0.1) is 0 Å². The predicted molar refractivity (Wildman–Crippen MR) is 66.2 cm³/mol. The SMILES string of the molecule is COCCN(C)S(=O)(=O)c1cnn(CCC(=O)O)c1. The smallest absolute Gasteiger partial charge is 0.305 e. The zero-order chi connectivity index (χ0) is 14.5. The van der Waals surface area contributed by atoms with Gasteiger partial charge in [-0.3, -0.25) is 9.48 Å². The summed E-state index contributed by atoms with van der Waals surface area (Å²) in [5, 5.41) is 12.4. The standard InChI is InChI=1S/C10H17N3O5S/c1-12(5-6-18-2)19(16,17)9-7-11-13(8-9)4-3-10(14)15/h7-8H,3-6H2,1-2H3,(H,14,15). The minimum Gasteiger partial charge on any atom is -0.481 e. The minimum absolute atomic E-state index is 0.0384. The Hall–Kier alpha value is -1.45. The van der Waals surface area contributed by atoms with E-state index in [0.29, 0.717) is 6.61 Å². The van der Waals surface area contributed by atoms with Gasteiger partial charge in [0.1, 0.15) is 4.90 Å². The maximum Gasteiger partial charge on any atom is 0.305 e. The Balaban J connectivity index is 2.76. The van der Waals surface area contributed by atoms with E-state index < -0.39 is 16.0 Å². The number of aromatic nitrogens is 2. The fraction of sp³-hybridized carbons (Fsp3) is 0.600. The molecule has 0 fully saturated rings. The van der Waals surface area contributed by atoms with Crippen LogP contribution in [0.4, 0.5) is 0 Å². The Kier molecular flexibility index (Phi) is 5.45. The van der Waals surface area contributed by atoms with Crippen LogP contribution in [0, 0.1) is 0 Å². The van der Waals surface area contributed by atoms with Gasteiger partial charge in [0.05, 0.1) is 25.8 Å². The summed E-state index contributed by atoms with van der Waals surface area (Å²) >= 11 is 0. The summed E-state index contributed by atoms with van der Waals surface area (Å²) in [6.07, 6.45) is 2.42. The number of likely N-dealkylation sites (N-methyl/N-ethyl adjacent to an activating group) is 1. The molecule has 0 bridgehead atoms. The lowest BCUT2D eigenvalue weighted by molar-refractivity contribution is -0.137. The molecule has 1 aromatic heterocycles. The number of carbonyl (C=O) groups is 1. The van der Waals surface area contributed by atoms with E-state index in [9.17, 15) is 13.2 Å². The lowest BCUT2D eigenvalue weighted by Crippen LogP contribution is -2.29. The van der Waals surface area contributed by atoms with Crippen molar-refractivity contribution in [2.45, 2.75) is 17.9 Å². The minimum atomic E-state index is -3.61. The molecular weight excluding hydrogens is 274 g/mol. The monoisotopic (exact) mass is 291 g/mol. The second-order valence-electron chi connectivity index (χ2n) is 3.90. The van der Waals surface area contributed by atoms with E-state index >= 15 is 0 Å². The molecule has 0 atom stereocenters. The van der Waals surface area contributed by atoms with Crippen LogP contribution >= 0.6 is 0 Å². The number of nitrogens with zero attached hydrogens (tertiary/aromatic N) is 3. The summed E-state index contributed by atoms with van der Waals surface area (Å²) in [6, 6.07) is 0. The average molecular weight is 291 g/mol. The number of carboxylic acids is 1. The molecule has 1 N–H and O–H groups in total. The molecule has 0 spiro atoms. The molecule has 108 valence electrons. The fourth-order valence-corrected chi connectivity index (χ4v) is 2.44. The molecule has 0 aliphatic heterocycles. The summed E-state index contributed by atoms with van der Waals surface area (Å²) in [4.78, 5) is 10.5. The molecule has 9 heteroatoms. The van der Waals surface area contributed by atoms with E-state index in [1.807, 2.05) is 0 Å². The highest BCUT2D eigenvalue weighted by Gasteiger charge is 2.22. The second-order valence-corrected chi connectivity index (χ2v) is 5.95. The van der Waals surface area contributed by atoms with E-state index in [-0.39, 0.29) is 24.4 Å². The Morgan fingerprint density at radius 1 is 1.58 bits per heavy atom. The molecule has 0 saturated carbocycles. The summed E-state index contributed by atoms with van der Waals surface area (Å²) in [7, 11) is -0.669. The molecule has 1 aromatic rings. The van der Waals surface area contributed by atoms with Crippen molar-refractivity contribution in [1.82, 2.24) is 14.1 Å². The first-order chi connectivity index (χ1) is 8.87. The fourth-order valence-electron chi connectivity index (χ4n) is 1.33. The first-order valence-electron chi connectivity index (χ1n) is 5.57. The number of carboxylic acid groups (broad SMARTS) is 1. The lowest BCUT2D eigenvalue weighted by atomic mass is 10.4. The summed E-state index contributed by atoms with van der Waals surface area (Å²) < 4.78 is 31.5. The first kappa shape index (κ1) is 15.6. The number of hydrogen-bond acceptors (Lipinski definition) is 5. The number of hydrogen-bond donors (Lipinski definition) is 1. The van der Waals surface area contributed by atoms with Crippen molar-refractivity contribution < 1.29 is 23.1 Å². The molecule has 8 nitrogen and oxygen atoms in total. The van der Waals surface area contributed by atoms with Gasteiger partial charge in [0.25, 0.3) is 0 Å². The molecule has 0 saturated heterocycles. The van der Waals surface area contributed by atoms with Crippen molar-refractivity contribution in [2.75, 3.05) is 27.3 Å². The molecule has 0 aliphatic carbocycles. The maximum atomic E-state index is 12.1. The van der Waals surface area contributed by atoms with Crippen molar-refractivity contribution in [1.29, 1.82) is 0 Å². The molecule has 0 unspecified atom stereocenters. The van der Waals surface area contributed by atoms with Gasteiger partial charge in [-0.2, -0.15) is 9.40 Å². The zero-order valence-corrected chi connectivity index (χ0v) is 11.6. The molecule has 0 aromatic carbocycles. The van der Waals surface area contributed by atoms with E-state index in [1.54, 1.807) is 0 Å². The molecule has 1 heterocycles. The zero-order valence-electron chi connectivity index (χ0n) is 10.8. The number of methoxy groups -OCH3 is 1. The van der Waals surface area contributed by atoms with Crippen LogP contribution in [-0.2, 0) is 26.1 Å². The van der Waals surface area contributed by atoms with Gasteiger partial charge < -0.3 is 9.84 Å². The van der Waals surface area contributed by atoms with Gasteiger partial charge in [0, 0.05) is 26.9 Å². The number of sulfonamides is 1. The third kappa shape index (κ3) is 4.30. The van der Waals surface area contributed by atoms with Crippen LogP contribution < -0.4 is 0 Å². The number of ether oxygens (including phenoxy) is 1. The third-order valence-electron chi connectivity index (χ3n) is 2.48. The normalized spacial score (nSPS) is 11.9. The highest BCUT2D eigenvalue weighted by molar-refractivity contribution is 7.89. The van der Waals surface area contributed by atoms with Gasteiger partial charge >= 0.3 is 5.97 Å². The molecular formula is C10H17N3O5S. The Bertz CT molecular complexity index is 525. The van der Waals surface area contributed by atoms with Crippen LogP contribution in [0.5, 0.6) is 0 Å². The van der Waals surface area contributed by atoms with Crippen molar-refractivity contribution in [3.8, 4) is 0 Å². The lowest BCUT2D eigenvalue weighted by Gasteiger charge is -2.14. The second kappa shape index (κ2) is 6.64. The van der Waals surface area contributed by atoms with Crippen LogP contribution in [0.1, 0.15) is 6.42 Å². The highest BCUT2D eigenvalue weighted by atomic mass is 32.2. The molecule has 0 radical (unpaired) electrons. The van der Waals surface area contributed by atoms with Crippen molar-refractivity contribution >= 4 is 16.0 Å². The van der Waals surface area contributed by atoms with Crippen LogP contribution in [0.3, 0.4) is 0 Å². The molecule has 0 amide bonds. The van der Waals surface area contributed by atoms with Gasteiger partial charge in [0.15, 0.2) is 0 Å². The Labute approximate surface area is 111 Å². The van der Waals surface area contributed by atoms with E-state index in [4.69, 9.17) is 9.84 Å². The molecule has 0 aliphatic rings. The Morgan fingerprint density at radius 3 is 2.84 bits per heavy atom. The van der Waals surface area contributed by atoms with Crippen molar-refractivity contribution in [2.24, 2.45) is 0 Å². The third-order valence-corrected chi connectivity index (χ3v) is 4.29. The summed E-state index contributed by atoms with van der Waals surface area (Å²) in [5.41, 5.74) is 0. The van der Waals surface area contributed by atoms with Gasteiger partial charge in [0.2, 0.25) is 10.0 Å². The number of aliphatic carboxylic acids is 1. The Morgan fingerprint density at radius 2 is 2.26 bits per heavy atom. The highest BCUT2D eigenvalue weighted by Crippen LogP contribution is 2.13. The average Bonchev–Trinajstić information content (AvgIpc) is 2.82.